The molecule has 5 nitrogen and oxygen atoms in total. The molecule has 0 aromatic heterocycles. The molecule has 1 unspecified atom stereocenters. The number of aromatic hydroxyl groups is 1. The first-order chi connectivity index (χ1) is 11.3. The predicted octanol–water partition coefficient (Wildman–Crippen LogP) is 3.53. The molecule has 1 aliphatic rings. The van der Waals surface area contributed by atoms with Crippen LogP contribution in [0.3, 0.4) is 0 Å². The fourth-order valence-corrected chi connectivity index (χ4v) is 3.23. The van der Waals surface area contributed by atoms with Crippen LogP contribution in [0.15, 0.2) is 12.1 Å². The van der Waals surface area contributed by atoms with E-state index in [1.54, 1.807) is 17.0 Å². The van der Waals surface area contributed by atoms with Gasteiger partial charge in [-0.05, 0) is 29.4 Å². The summed E-state index contributed by atoms with van der Waals surface area (Å²) >= 11 is 0. The lowest BCUT2D eigenvalue weighted by Gasteiger charge is -2.28. The normalized spacial score (nSPS) is 18.5. The number of carbonyl (C=O) groups is 2. The van der Waals surface area contributed by atoms with Gasteiger partial charge in [-0.25, -0.2) is 0 Å². The van der Waals surface area contributed by atoms with E-state index in [1.807, 2.05) is 41.5 Å². The van der Waals surface area contributed by atoms with E-state index in [1.165, 1.54) is 0 Å². The van der Waals surface area contributed by atoms with Crippen LogP contribution in [-0.4, -0.2) is 40.1 Å². The molecule has 5 heteroatoms. The van der Waals surface area contributed by atoms with Crippen molar-refractivity contribution in [2.75, 3.05) is 13.1 Å². The van der Waals surface area contributed by atoms with Crippen molar-refractivity contribution in [1.82, 2.24) is 4.90 Å². The summed E-state index contributed by atoms with van der Waals surface area (Å²) in [4.78, 5) is 25.7. The van der Waals surface area contributed by atoms with Crippen molar-refractivity contribution in [3.8, 4) is 5.75 Å². The van der Waals surface area contributed by atoms with Gasteiger partial charge in [-0.1, -0.05) is 41.5 Å². The summed E-state index contributed by atoms with van der Waals surface area (Å²) in [5.74, 6) is -1.28. The lowest BCUT2D eigenvalue weighted by atomic mass is 9.78. The smallest absolute Gasteiger partial charge is 0.308 e. The largest absolute Gasteiger partial charge is 0.507 e. The van der Waals surface area contributed by atoms with Gasteiger partial charge in [0, 0.05) is 29.8 Å². The minimum atomic E-state index is -0.855. The number of carboxylic acids is 1. The van der Waals surface area contributed by atoms with Gasteiger partial charge in [-0.2, -0.15) is 0 Å². The predicted molar refractivity (Wildman–Crippen MR) is 97.2 cm³/mol. The molecule has 1 aliphatic heterocycles. The average Bonchev–Trinajstić information content (AvgIpc) is 2.94. The second-order valence-electron chi connectivity index (χ2n) is 8.99. The number of aliphatic carboxylic acids is 1. The monoisotopic (exact) mass is 347 g/mol. The molecule has 0 spiro atoms. The Morgan fingerprint density at radius 1 is 1.04 bits per heavy atom. The fraction of sp³-hybridized carbons (Fsp3) is 0.600. The van der Waals surface area contributed by atoms with Crippen LogP contribution in [0.1, 0.15) is 69.4 Å². The van der Waals surface area contributed by atoms with E-state index < -0.39 is 11.9 Å². The van der Waals surface area contributed by atoms with Crippen LogP contribution >= 0.6 is 0 Å². The third-order valence-electron chi connectivity index (χ3n) is 4.80. The van der Waals surface area contributed by atoms with Gasteiger partial charge in [0.15, 0.2) is 0 Å². The van der Waals surface area contributed by atoms with E-state index in [2.05, 4.69) is 0 Å². The number of hydrogen-bond donors (Lipinski definition) is 2. The van der Waals surface area contributed by atoms with Crippen LogP contribution in [-0.2, 0) is 15.6 Å². The SMILES string of the molecule is CC(C)(C)c1cc(C(=O)N2CCC(C(=O)O)C2)cc(C(C)(C)C)c1O. The number of amides is 1. The molecule has 2 N–H and O–H groups in total. The van der Waals surface area contributed by atoms with Gasteiger partial charge in [0.25, 0.3) is 5.91 Å². The fourth-order valence-electron chi connectivity index (χ4n) is 3.23. The van der Waals surface area contributed by atoms with Gasteiger partial charge in [0.1, 0.15) is 5.75 Å². The van der Waals surface area contributed by atoms with Crippen molar-refractivity contribution in [3.63, 3.8) is 0 Å². The molecule has 1 aromatic carbocycles. The lowest BCUT2D eigenvalue weighted by molar-refractivity contribution is -0.141. The number of benzene rings is 1. The summed E-state index contributed by atoms with van der Waals surface area (Å²) in [5, 5.41) is 19.9. The number of carboxylic acid groups (broad SMARTS) is 1. The second-order valence-corrected chi connectivity index (χ2v) is 8.99. The summed E-state index contributed by atoms with van der Waals surface area (Å²) in [5.41, 5.74) is 1.36. The number of nitrogens with zero attached hydrogens (tertiary/aromatic N) is 1. The van der Waals surface area contributed by atoms with Crippen LogP contribution in [0, 0.1) is 5.92 Å². The quantitative estimate of drug-likeness (QED) is 0.858. The van der Waals surface area contributed by atoms with Crippen molar-refractivity contribution < 1.29 is 19.8 Å². The first kappa shape index (κ1) is 19.3. The number of rotatable bonds is 2. The van der Waals surface area contributed by atoms with Crippen molar-refractivity contribution in [2.45, 2.75) is 58.8 Å². The minimum absolute atomic E-state index is 0.167. The number of carbonyl (C=O) groups excluding carboxylic acids is 1. The number of hydrogen-bond acceptors (Lipinski definition) is 3. The maximum absolute atomic E-state index is 12.9. The summed E-state index contributed by atoms with van der Waals surface area (Å²) in [7, 11) is 0. The molecule has 1 heterocycles. The Morgan fingerprint density at radius 3 is 1.88 bits per heavy atom. The molecule has 25 heavy (non-hydrogen) atoms. The average molecular weight is 347 g/mol. The van der Waals surface area contributed by atoms with Crippen molar-refractivity contribution in [1.29, 1.82) is 0 Å². The third kappa shape index (κ3) is 3.97. The standard InChI is InChI=1S/C20H29NO4/c1-19(2,3)14-9-13(10-15(16(14)22)20(4,5)6)17(23)21-8-7-12(11-21)18(24)25/h9-10,12,22H,7-8,11H2,1-6H3,(H,24,25). The van der Waals surface area contributed by atoms with E-state index in [0.29, 0.717) is 18.5 Å². The molecule has 1 aromatic rings. The number of phenolic OH excluding ortho intramolecular Hbond substituents is 1. The van der Waals surface area contributed by atoms with Crippen molar-refractivity contribution >= 4 is 11.9 Å². The first-order valence-electron chi connectivity index (χ1n) is 8.72. The molecule has 0 saturated carbocycles. The zero-order valence-corrected chi connectivity index (χ0v) is 16.0. The zero-order chi connectivity index (χ0) is 19.2. The highest BCUT2D eigenvalue weighted by Gasteiger charge is 2.33. The van der Waals surface area contributed by atoms with Crippen LogP contribution in [0.5, 0.6) is 5.75 Å². The van der Waals surface area contributed by atoms with Crippen LogP contribution in [0.25, 0.3) is 0 Å². The Kier molecular flexibility index (Phi) is 4.90. The Balaban J connectivity index is 2.48. The van der Waals surface area contributed by atoms with Gasteiger partial charge in [-0.3, -0.25) is 9.59 Å². The first-order valence-corrected chi connectivity index (χ1v) is 8.72. The highest BCUT2D eigenvalue weighted by molar-refractivity contribution is 5.95. The molecular formula is C20H29NO4. The summed E-state index contributed by atoms with van der Waals surface area (Å²) in [6, 6.07) is 3.50. The van der Waals surface area contributed by atoms with E-state index in [-0.39, 0.29) is 29.0 Å². The summed E-state index contributed by atoms with van der Waals surface area (Å²) < 4.78 is 0. The lowest BCUT2D eigenvalue weighted by Crippen LogP contribution is -2.30. The molecule has 1 fully saturated rings. The summed E-state index contributed by atoms with van der Waals surface area (Å²) in [6.07, 6.45) is 0.484. The molecule has 1 amide bonds. The van der Waals surface area contributed by atoms with Crippen molar-refractivity contribution in [2.24, 2.45) is 5.92 Å². The molecule has 0 bridgehead atoms. The van der Waals surface area contributed by atoms with E-state index in [4.69, 9.17) is 5.11 Å². The van der Waals surface area contributed by atoms with Gasteiger partial charge >= 0.3 is 5.97 Å². The molecule has 0 aliphatic carbocycles. The van der Waals surface area contributed by atoms with E-state index in [9.17, 15) is 14.7 Å². The Bertz CT molecular complexity index is 660. The molecule has 0 radical (unpaired) electrons. The highest BCUT2D eigenvalue weighted by atomic mass is 16.4. The Morgan fingerprint density at radius 2 is 1.52 bits per heavy atom. The molecule has 2 rings (SSSR count). The number of likely N-dealkylation sites (tertiary alicyclic amines) is 1. The van der Waals surface area contributed by atoms with E-state index >= 15 is 0 Å². The zero-order valence-electron chi connectivity index (χ0n) is 16.0. The number of phenols is 1. The summed E-state index contributed by atoms with van der Waals surface area (Å²) in [6.45, 7) is 12.7. The third-order valence-corrected chi connectivity index (χ3v) is 4.80. The Labute approximate surface area is 149 Å². The van der Waals surface area contributed by atoms with Gasteiger partial charge in [0.2, 0.25) is 0 Å². The van der Waals surface area contributed by atoms with Gasteiger partial charge < -0.3 is 15.1 Å². The van der Waals surface area contributed by atoms with Crippen LogP contribution < -0.4 is 0 Å². The molecular weight excluding hydrogens is 318 g/mol. The molecule has 1 saturated heterocycles. The Hall–Kier alpha value is -2.04. The minimum Gasteiger partial charge on any atom is -0.507 e. The van der Waals surface area contributed by atoms with E-state index in [0.717, 1.165) is 11.1 Å². The topological polar surface area (TPSA) is 77.8 Å². The van der Waals surface area contributed by atoms with Gasteiger partial charge in [0.05, 0.1) is 5.92 Å². The highest BCUT2D eigenvalue weighted by Crippen LogP contribution is 2.40. The maximum Gasteiger partial charge on any atom is 0.308 e. The van der Waals surface area contributed by atoms with Crippen molar-refractivity contribution in [3.05, 3.63) is 28.8 Å². The molecule has 1 atom stereocenters. The van der Waals surface area contributed by atoms with Gasteiger partial charge in [-0.15, -0.1) is 0 Å². The maximum atomic E-state index is 12.9. The molecule has 138 valence electrons. The second kappa shape index (κ2) is 6.36. The van der Waals surface area contributed by atoms with Crippen LogP contribution in [0.2, 0.25) is 0 Å². The van der Waals surface area contributed by atoms with Crippen LogP contribution in [0.4, 0.5) is 0 Å².